The van der Waals surface area contributed by atoms with Crippen LogP contribution in [0.5, 0.6) is 5.75 Å². The third-order valence-electron chi connectivity index (χ3n) is 7.02. The zero-order chi connectivity index (χ0) is 32.1. The van der Waals surface area contributed by atoms with Crippen molar-refractivity contribution in [2.45, 2.75) is 71.4 Å². The second-order valence-electron chi connectivity index (χ2n) is 11.1. The van der Waals surface area contributed by atoms with E-state index < -0.39 is 17.9 Å². The van der Waals surface area contributed by atoms with E-state index in [0.29, 0.717) is 45.0 Å². The fraction of sp³-hybridized carbons (Fsp3) is 0.485. The monoisotopic (exact) mass is 622 g/mol. The zero-order valence-electron chi connectivity index (χ0n) is 26.1. The van der Waals surface area contributed by atoms with Crippen LogP contribution in [-0.2, 0) is 25.6 Å². The molecule has 12 nitrogen and oxygen atoms in total. The number of nitrogens with zero attached hydrogens (tertiary/aromatic N) is 1. The van der Waals surface area contributed by atoms with Crippen molar-refractivity contribution in [1.82, 2.24) is 15.8 Å². The van der Waals surface area contributed by atoms with Crippen LogP contribution in [0.4, 0.5) is 20.1 Å². The number of carbonyl (C=O) groups is 3. The van der Waals surface area contributed by atoms with E-state index in [1.54, 1.807) is 30.0 Å². The van der Waals surface area contributed by atoms with Gasteiger partial charge >= 0.3 is 18.2 Å². The van der Waals surface area contributed by atoms with Gasteiger partial charge in [0.15, 0.2) is 0 Å². The Morgan fingerprint density at radius 3 is 2.76 bits per heavy atom. The molecule has 45 heavy (non-hydrogen) atoms. The van der Waals surface area contributed by atoms with Crippen molar-refractivity contribution in [2.24, 2.45) is 0 Å². The number of benzene rings is 2. The predicted molar refractivity (Wildman–Crippen MR) is 166 cm³/mol. The van der Waals surface area contributed by atoms with Gasteiger partial charge in [-0.1, -0.05) is 36.8 Å². The highest BCUT2D eigenvalue weighted by Gasteiger charge is 2.33. The number of carbonyl (C=O) groups excluding carboxylic acids is 3. The molecule has 2 heterocycles. The van der Waals surface area contributed by atoms with Gasteiger partial charge in [-0.05, 0) is 55.7 Å². The Morgan fingerprint density at radius 2 is 1.91 bits per heavy atom. The quantitative estimate of drug-likeness (QED) is 0.158. The van der Waals surface area contributed by atoms with Gasteiger partial charge in [-0.3, -0.25) is 0 Å². The highest BCUT2D eigenvalue weighted by molar-refractivity contribution is 5.90. The van der Waals surface area contributed by atoms with Crippen LogP contribution >= 0.6 is 0 Å². The van der Waals surface area contributed by atoms with Crippen molar-refractivity contribution in [3.8, 4) is 17.6 Å². The number of hydrazine groups is 1. The van der Waals surface area contributed by atoms with Gasteiger partial charge in [-0.2, -0.15) is 0 Å². The zero-order valence-corrected chi connectivity index (χ0v) is 26.1. The molecule has 0 radical (unpaired) electrons. The van der Waals surface area contributed by atoms with Crippen molar-refractivity contribution in [3.05, 3.63) is 59.2 Å². The number of anilines is 1. The maximum atomic E-state index is 12.4. The average molecular weight is 623 g/mol. The maximum Gasteiger partial charge on any atom is 0.426 e. The Morgan fingerprint density at radius 1 is 1.07 bits per heavy atom. The number of fused-ring (bicyclic) bond motifs is 1. The predicted octanol–water partition coefficient (Wildman–Crippen LogP) is 5.63. The van der Waals surface area contributed by atoms with Gasteiger partial charge in [0.05, 0.1) is 26.4 Å². The Bertz CT molecular complexity index is 1390. The normalized spacial score (nSPS) is 16.4. The van der Waals surface area contributed by atoms with Gasteiger partial charge < -0.3 is 33.9 Å². The van der Waals surface area contributed by atoms with Crippen molar-refractivity contribution in [3.63, 3.8) is 0 Å². The number of nitrogens with one attached hydrogen (secondary N) is 3. The molecule has 0 aliphatic carbocycles. The summed E-state index contributed by atoms with van der Waals surface area (Å²) >= 11 is 0. The number of ether oxygens (including phenoxy) is 5. The Balaban J connectivity index is 1.04. The molecule has 0 spiro atoms. The summed E-state index contributed by atoms with van der Waals surface area (Å²) < 4.78 is 27.6. The summed E-state index contributed by atoms with van der Waals surface area (Å²) in [6.07, 6.45) is 3.15. The Kier molecular flexibility index (Phi) is 12.3. The first kappa shape index (κ1) is 33.4. The molecule has 3 N–H and O–H groups in total. The summed E-state index contributed by atoms with van der Waals surface area (Å²) in [4.78, 5) is 37.3. The molecule has 0 saturated carbocycles. The third-order valence-corrected chi connectivity index (χ3v) is 7.02. The van der Waals surface area contributed by atoms with Crippen molar-refractivity contribution in [2.75, 3.05) is 38.2 Å². The van der Waals surface area contributed by atoms with Crippen LogP contribution in [0.1, 0.15) is 75.7 Å². The molecule has 2 aromatic rings. The topological polar surface area (TPSA) is 137 Å². The molecule has 1 fully saturated rings. The molecule has 4 rings (SSSR count). The SMILES string of the molecule is CCOC(=O)NNC(=O)Nc1cccc(C#CCCOCCCCCCN2CC(c3ccc4c(c3)COC(C)(C)O4)OC2=O)c1. The molecule has 2 aromatic carbocycles. The smallest absolute Gasteiger partial charge is 0.426 e. The molecule has 12 heteroatoms. The first-order chi connectivity index (χ1) is 21.7. The van der Waals surface area contributed by atoms with Gasteiger partial charge in [-0.25, -0.2) is 25.2 Å². The lowest BCUT2D eigenvalue weighted by Gasteiger charge is -2.32. The van der Waals surface area contributed by atoms with E-state index in [2.05, 4.69) is 32.7 Å². The standard InChI is InChI=1S/C33H42N4O8/c1-4-42-31(39)36-35-30(38)34-27-14-11-13-24(20-27)12-7-10-19-41-18-9-6-5-8-17-37-22-29(44-32(37)40)25-15-16-28-26(21-25)23-43-33(2,3)45-28/h11,13-16,20-21,29H,4-6,8-10,17-19,22-23H2,1-3H3,(H,36,39)(H2,34,35,38). The molecule has 1 atom stereocenters. The summed E-state index contributed by atoms with van der Waals surface area (Å²) in [5, 5.41) is 2.61. The number of hydrogen-bond donors (Lipinski definition) is 3. The van der Waals surface area contributed by atoms with Crippen LogP contribution in [0.25, 0.3) is 0 Å². The van der Waals surface area contributed by atoms with E-state index in [4.69, 9.17) is 18.9 Å². The van der Waals surface area contributed by atoms with E-state index in [0.717, 1.165) is 48.1 Å². The van der Waals surface area contributed by atoms with Crippen LogP contribution in [0.15, 0.2) is 42.5 Å². The summed E-state index contributed by atoms with van der Waals surface area (Å²) in [5.41, 5.74) is 7.53. The number of urea groups is 1. The molecular formula is C33H42N4O8. The highest BCUT2D eigenvalue weighted by atomic mass is 16.7. The number of unbranched alkanes of at least 4 members (excludes halogenated alkanes) is 3. The van der Waals surface area contributed by atoms with Gasteiger partial charge in [-0.15, -0.1) is 0 Å². The van der Waals surface area contributed by atoms with E-state index >= 15 is 0 Å². The lowest BCUT2D eigenvalue weighted by atomic mass is 10.0. The summed E-state index contributed by atoms with van der Waals surface area (Å²) in [5.74, 6) is 6.30. The lowest BCUT2D eigenvalue weighted by molar-refractivity contribution is -0.180. The minimum absolute atomic E-state index is 0.201. The first-order valence-electron chi connectivity index (χ1n) is 15.3. The van der Waals surface area contributed by atoms with Crippen LogP contribution in [0.2, 0.25) is 0 Å². The van der Waals surface area contributed by atoms with Gasteiger partial charge in [0, 0.05) is 50.2 Å². The van der Waals surface area contributed by atoms with E-state index in [1.165, 1.54) is 0 Å². The number of amides is 4. The average Bonchev–Trinajstić information content (AvgIpc) is 3.38. The van der Waals surface area contributed by atoms with Crippen LogP contribution in [0.3, 0.4) is 0 Å². The van der Waals surface area contributed by atoms with Crippen LogP contribution in [0, 0.1) is 11.8 Å². The number of cyclic esters (lactones) is 1. The van der Waals surface area contributed by atoms with E-state index in [-0.39, 0.29) is 18.8 Å². The molecule has 1 saturated heterocycles. The summed E-state index contributed by atoms with van der Waals surface area (Å²) in [7, 11) is 0. The van der Waals surface area contributed by atoms with E-state index in [1.807, 2.05) is 38.1 Å². The Hall–Kier alpha value is -4.47. The Labute approximate surface area is 264 Å². The number of hydrogen-bond acceptors (Lipinski definition) is 8. The van der Waals surface area contributed by atoms with Crippen molar-refractivity contribution < 1.29 is 38.1 Å². The van der Waals surface area contributed by atoms with Crippen molar-refractivity contribution in [1.29, 1.82) is 0 Å². The largest absolute Gasteiger partial charge is 0.463 e. The second kappa shape index (κ2) is 16.6. The molecule has 242 valence electrons. The van der Waals surface area contributed by atoms with Gasteiger partial charge in [0.25, 0.3) is 0 Å². The summed E-state index contributed by atoms with van der Waals surface area (Å²) in [6, 6.07) is 12.4. The fourth-order valence-electron chi connectivity index (χ4n) is 4.78. The van der Waals surface area contributed by atoms with Crippen molar-refractivity contribution >= 4 is 23.9 Å². The minimum Gasteiger partial charge on any atom is -0.463 e. The van der Waals surface area contributed by atoms with Gasteiger partial charge in [0.1, 0.15) is 11.9 Å². The summed E-state index contributed by atoms with van der Waals surface area (Å²) in [6.45, 7) is 8.51. The van der Waals surface area contributed by atoms with E-state index in [9.17, 15) is 14.4 Å². The molecular weight excluding hydrogens is 580 g/mol. The molecule has 2 aliphatic rings. The molecule has 2 aliphatic heterocycles. The molecule has 1 unspecified atom stereocenters. The highest BCUT2D eigenvalue weighted by Crippen LogP contribution is 2.35. The molecule has 0 aromatic heterocycles. The molecule has 4 amide bonds. The maximum absolute atomic E-state index is 12.4. The lowest BCUT2D eigenvalue weighted by Crippen LogP contribution is -2.44. The van der Waals surface area contributed by atoms with Gasteiger partial charge in [0.2, 0.25) is 5.79 Å². The minimum atomic E-state index is -0.742. The van der Waals surface area contributed by atoms with Crippen LogP contribution in [-0.4, -0.2) is 61.8 Å². The number of rotatable bonds is 12. The second-order valence-corrected chi connectivity index (χ2v) is 11.1. The molecule has 0 bridgehead atoms. The fourth-order valence-corrected chi connectivity index (χ4v) is 4.78. The third kappa shape index (κ3) is 10.9. The van der Waals surface area contributed by atoms with Crippen LogP contribution < -0.4 is 20.9 Å². The first-order valence-corrected chi connectivity index (χ1v) is 15.3.